The molecule has 114 valence electrons. The molecule has 0 aliphatic heterocycles. The van der Waals surface area contributed by atoms with E-state index in [2.05, 4.69) is 42.0 Å². The van der Waals surface area contributed by atoms with E-state index in [4.69, 9.17) is 11.6 Å². The van der Waals surface area contributed by atoms with E-state index in [0.29, 0.717) is 0 Å². The van der Waals surface area contributed by atoms with Crippen molar-refractivity contribution >= 4 is 28.1 Å². The lowest BCUT2D eigenvalue weighted by Crippen LogP contribution is -2.21. The number of thiazole rings is 1. The van der Waals surface area contributed by atoms with E-state index in [1.165, 1.54) is 4.88 Å². The molecule has 0 amide bonds. The molecule has 1 unspecified atom stereocenters. The quantitative estimate of drug-likeness (QED) is 0.813. The monoisotopic (exact) mass is 323 g/mol. The minimum absolute atomic E-state index is 0.220. The summed E-state index contributed by atoms with van der Waals surface area (Å²) < 4.78 is 0. The zero-order valence-corrected chi connectivity index (χ0v) is 14.3. The Balaban J connectivity index is 1.96. The van der Waals surface area contributed by atoms with E-state index < -0.39 is 0 Å². The Labute approximate surface area is 136 Å². The Hall–Kier alpha value is -1.10. The van der Waals surface area contributed by atoms with Gasteiger partial charge in [-0.25, -0.2) is 4.98 Å². The Bertz CT molecular complexity index is 566. The molecule has 0 saturated carbocycles. The van der Waals surface area contributed by atoms with Gasteiger partial charge in [-0.05, 0) is 32.4 Å². The van der Waals surface area contributed by atoms with Gasteiger partial charge >= 0.3 is 0 Å². The first kappa shape index (κ1) is 16.3. The topological polar surface area (TPSA) is 28.2 Å². The van der Waals surface area contributed by atoms with E-state index in [1.54, 1.807) is 11.3 Å². The van der Waals surface area contributed by atoms with Gasteiger partial charge in [0, 0.05) is 41.8 Å². The second-order valence-electron chi connectivity index (χ2n) is 4.91. The van der Waals surface area contributed by atoms with Gasteiger partial charge in [-0.15, -0.1) is 11.3 Å². The van der Waals surface area contributed by atoms with Gasteiger partial charge in [0.25, 0.3) is 0 Å². The third-order valence-electron chi connectivity index (χ3n) is 3.53. The van der Waals surface area contributed by atoms with Gasteiger partial charge in [0.15, 0.2) is 5.13 Å². The van der Waals surface area contributed by atoms with Crippen molar-refractivity contribution in [2.24, 2.45) is 0 Å². The number of hydrogen-bond acceptors (Lipinski definition) is 4. The Morgan fingerprint density at radius 3 is 2.67 bits per heavy atom. The molecule has 0 aliphatic carbocycles. The van der Waals surface area contributed by atoms with Crippen molar-refractivity contribution in [1.82, 2.24) is 10.3 Å². The molecule has 0 aliphatic rings. The van der Waals surface area contributed by atoms with Crippen molar-refractivity contribution in [3.63, 3.8) is 0 Å². The molecule has 0 bridgehead atoms. The summed E-state index contributed by atoms with van der Waals surface area (Å²) in [5.41, 5.74) is 1.13. The predicted molar refractivity (Wildman–Crippen MR) is 92.4 cm³/mol. The first-order valence-electron chi connectivity index (χ1n) is 7.33. The Kier molecular flexibility index (Phi) is 6.03. The van der Waals surface area contributed by atoms with Crippen LogP contribution >= 0.6 is 22.9 Å². The van der Waals surface area contributed by atoms with Crippen LogP contribution in [0.3, 0.4) is 0 Å². The average Bonchev–Trinajstić information content (AvgIpc) is 2.95. The molecule has 1 aromatic heterocycles. The molecule has 2 rings (SSSR count). The van der Waals surface area contributed by atoms with Gasteiger partial charge in [-0.1, -0.05) is 29.8 Å². The number of nitrogens with zero attached hydrogens (tertiary/aromatic N) is 2. The van der Waals surface area contributed by atoms with Gasteiger partial charge in [-0.2, -0.15) is 0 Å². The summed E-state index contributed by atoms with van der Waals surface area (Å²) in [6, 6.07) is 8.19. The molecule has 21 heavy (non-hydrogen) atoms. The van der Waals surface area contributed by atoms with Crippen LogP contribution in [0.2, 0.25) is 5.02 Å². The zero-order valence-electron chi connectivity index (χ0n) is 12.8. The molecule has 1 N–H and O–H groups in total. The summed E-state index contributed by atoms with van der Waals surface area (Å²) in [4.78, 5) is 8.02. The second-order valence-corrected chi connectivity index (χ2v) is 6.41. The maximum Gasteiger partial charge on any atom is 0.185 e. The van der Waals surface area contributed by atoms with Crippen molar-refractivity contribution < 1.29 is 0 Å². The van der Waals surface area contributed by atoms with Crippen LogP contribution < -0.4 is 10.2 Å². The summed E-state index contributed by atoms with van der Waals surface area (Å²) in [5, 5.41) is 5.42. The third-order valence-corrected chi connectivity index (χ3v) is 4.93. The van der Waals surface area contributed by atoms with Crippen LogP contribution in [0.5, 0.6) is 0 Å². The van der Waals surface area contributed by atoms with Crippen molar-refractivity contribution in [2.45, 2.75) is 33.4 Å². The lowest BCUT2D eigenvalue weighted by atomic mass is 10.1. The van der Waals surface area contributed by atoms with E-state index in [9.17, 15) is 0 Å². The zero-order chi connectivity index (χ0) is 15.2. The summed E-state index contributed by atoms with van der Waals surface area (Å²) in [5.74, 6) is 0. The van der Waals surface area contributed by atoms with E-state index in [-0.39, 0.29) is 6.04 Å². The number of benzene rings is 1. The van der Waals surface area contributed by atoms with Crippen LogP contribution in [0.1, 0.15) is 37.3 Å². The molecular weight excluding hydrogens is 302 g/mol. The summed E-state index contributed by atoms with van der Waals surface area (Å²) in [6.45, 7) is 9.24. The second kappa shape index (κ2) is 7.78. The number of anilines is 1. The summed E-state index contributed by atoms with van der Waals surface area (Å²) in [7, 11) is 0. The highest BCUT2D eigenvalue weighted by Gasteiger charge is 2.11. The third kappa shape index (κ3) is 4.19. The van der Waals surface area contributed by atoms with E-state index in [1.807, 2.05) is 24.4 Å². The van der Waals surface area contributed by atoms with Crippen molar-refractivity contribution in [2.75, 3.05) is 18.0 Å². The minimum Gasteiger partial charge on any atom is -0.349 e. The maximum atomic E-state index is 6.23. The molecular formula is C16H22ClN3S. The number of rotatable bonds is 7. The summed E-state index contributed by atoms with van der Waals surface area (Å²) in [6.07, 6.45) is 1.96. The highest BCUT2D eigenvalue weighted by molar-refractivity contribution is 7.15. The fourth-order valence-corrected chi connectivity index (χ4v) is 3.50. The first-order chi connectivity index (χ1) is 10.2. The van der Waals surface area contributed by atoms with Gasteiger partial charge in [0.2, 0.25) is 0 Å². The molecule has 1 atom stereocenters. The average molecular weight is 324 g/mol. The molecule has 0 radical (unpaired) electrons. The normalized spacial score (nSPS) is 12.4. The van der Waals surface area contributed by atoms with Gasteiger partial charge in [0.05, 0.1) is 0 Å². The fraction of sp³-hybridized carbons (Fsp3) is 0.438. The smallest absolute Gasteiger partial charge is 0.185 e. The first-order valence-corrected chi connectivity index (χ1v) is 8.52. The minimum atomic E-state index is 0.220. The lowest BCUT2D eigenvalue weighted by molar-refractivity contribution is 0.578. The standard InChI is InChI=1S/C16H22ClN3S/c1-4-20(5-2)16-19-11-13(21-16)10-18-12(3)14-8-6-7-9-15(14)17/h6-9,11-12,18H,4-5,10H2,1-3H3. The maximum absolute atomic E-state index is 6.23. The SMILES string of the molecule is CCN(CC)c1ncc(CNC(C)c2ccccc2Cl)s1. The van der Waals surface area contributed by atoms with Gasteiger partial charge < -0.3 is 10.2 Å². The molecule has 0 fully saturated rings. The van der Waals surface area contributed by atoms with E-state index in [0.717, 1.165) is 35.4 Å². The van der Waals surface area contributed by atoms with Crippen LogP contribution in [0.4, 0.5) is 5.13 Å². The van der Waals surface area contributed by atoms with Crippen molar-refractivity contribution in [1.29, 1.82) is 0 Å². The van der Waals surface area contributed by atoms with Crippen molar-refractivity contribution in [3.05, 3.63) is 45.9 Å². The van der Waals surface area contributed by atoms with E-state index >= 15 is 0 Å². The highest BCUT2D eigenvalue weighted by atomic mass is 35.5. The van der Waals surface area contributed by atoms with Gasteiger partial charge in [-0.3, -0.25) is 0 Å². The fourth-order valence-electron chi connectivity index (χ4n) is 2.21. The van der Waals surface area contributed by atoms with Crippen LogP contribution in [0, 0.1) is 0 Å². The largest absolute Gasteiger partial charge is 0.349 e. The summed E-state index contributed by atoms with van der Waals surface area (Å²) >= 11 is 7.98. The molecule has 1 heterocycles. The molecule has 3 nitrogen and oxygen atoms in total. The molecule has 1 aromatic carbocycles. The molecule has 0 spiro atoms. The van der Waals surface area contributed by atoms with Crippen LogP contribution in [0.25, 0.3) is 0 Å². The highest BCUT2D eigenvalue weighted by Crippen LogP contribution is 2.25. The molecule has 2 aromatic rings. The van der Waals surface area contributed by atoms with Crippen LogP contribution in [-0.4, -0.2) is 18.1 Å². The number of halogens is 1. The number of aromatic nitrogens is 1. The lowest BCUT2D eigenvalue weighted by Gasteiger charge is -2.16. The Morgan fingerprint density at radius 1 is 1.29 bits per heavy atom. The van der Waals surface area contributed by atoms with Crippen LogP contribution in [0.15, 0.2) is 30.5 Å². The van der Waals surface area contributed by atoms with Gasteiger partial charge in [0.1, 0.15) is 0 Å². The van der Waals surface area contributed by atoms with Crippen molar-refractivity contribution in [3.8, 4) is 0 Å². The molecule has 5 heteroatoms. The number of hydrogen-bond donors (Lipinski definition) is 1. The molecule has 0 saturated heterocycles. The predicted octanol–water partition coefficient (Wildman–Crippen LogP) is 4.49. The number of nitrogens with one attached hydrogen (secondary N) is 1. The van der Waals surface area contributed by atoms with Crippen LogP contribution in [-0.2, 0) is 6.54 Å². The Morgan fingerprint density at radius 2 is 2.00 bits per heavy atom.